The third-order valence-corrected chi connectivity index (χ3v) is 2.11. The minimum absolute atomic E-state index is 0.0776. The molecule has 1 aliphatic rings. The molecule has 0 saturated heterocycles. The zero-order valence-corrected chi connectivity index (χ0v) is 7.46. The first-order valence-corrected chi connectivity index (χ1v) is 4.06. The molecule has 0 spiro atoms. The van der Waals surface area contributed by atoms with E-state index in [1.165, 1.54) is 0 Å². The van der Waals surface area contributed by atoms with Gasteiger partial charge in [0.05, 0.1) is 0 Å². The molecule has 66 valence electrons. The van der Waals surface area contributed by atoms with Crippen LogP contribution in [0.25, 0.3) is 0 Å². The number of carbonyl (C=O) groups is 2. The summed E-state index contributed by atoms with van der Waals surface area (Å²) >= 11 is 0. The number of hydrogen-bond donors (Lipinski definition) is 0. The van der Waals surface area contributed by atoms with Gasteiger partial charge in [0.15, 0.2) is 5.78 Å². The van der Waals surface area contributed by atoms with E-state index in [1.807, 2.05) is 6.08 Å². The van der Waals surface area contributed by atoms with Gasteiger partial charge in [-0.2, -0.15) is 0 Å². The van der Waals surface area contributed by atoms with Crippen molar-refractivity contribution in [3.05, 3.63) is 11.6 Å². The van der Waals surface area contributed by atoms with Gasteiger partial charge in [0.2, 0.25) is 5.91 Å². The maximum Gasteiger partial charge on any atom is 0.219 e. The predicted molar refractivity (Wildman–Crippen MR) is 45.6 cm³/mol. The van der Waals surface area contributed by atoms with Crippen molar-refractivity contribution in [3.8, 4) is 0 Å². The SMILES string of the molecule is CC(=O)C1=CCN(C(C)=O)CC1. The van der Waals surface area contributed by atoms with Gasteiger partial charge in [0, 0.05) is 20.0 Å². The molecule has 1 heterocycles. The molecule has 0 unspecified atom stereocenters. The smallest absolute Gasteiger partial charge is 0.219 e. The summed E-state index contributed by atoms with van der Waals surface area (Å²) in [5.74, 6) is 0.201. The molecule has 3 nitrogen and oxygen atoms in total. The Balaban J connectivity index is 2.59. The summed E-state index contributed by atoms with van der Waals surface area (Å²) in [6, 6.07) is 0. The molecule has 0 bridgehead atoms. The van der Waals surface area contributed by atoms with Crippen LogP contribution in [0.15, 0.2) is 11.6 Å². The molecular formula is C9H13NO2. The Labute approximate surface area is 72.0 Å². The molecule has 1 rings (SSSR count). The average Bonchev–Trinajstić information content (AvgIpc) is 2.04. The first kappa shape index (κ1) is 8.97. The molecule has 0 aromatic carbocycles. The summed E-state index contributed by atoms with van der Waals surface area (Å²) in [7, 11) is 0. The number of ketones is 1. The number of Topliss-reactive ketones (excluding diaryl/α,β-unsaturated/α-hetero) is 1. The molecule has 0 radical (unpaired) electrons. The highest BCUT2D eigenvalue weighted by molar-refractivity contribution is 5.93. The van der Waals surface area contributed by atoms with Crippen LogP contribution in [0.1, 0.15) is 20.3 Å². The Morgan fingerprint density at radius 1 is 1.42 bits per heavy atom. The molecule has 0 aliphatic carbocycles. The summed E-state index contributed by atoms with van der Waals surface area (Å²) in [4.78, 5) is 23.5. The number of rotatable bonds is 1. The molecule has 3 heteroatoms. The second kappa shape index (κ2) is 3.52. The third-order valence-electron chi connectivity index (χ3n) is 2.11. The Morgan fingerprint density at radius 3 is 2.42 bits per heavy atom. The topological polar surface area (TPSA) is 37.4 Å². The number of amides is 1. The molecular weight excluding hydrogens is 154 g/mol. The molecule has 1 amide bonds. The van der Waals surface area contributed by atoms with Crippen molar-refractivity contribution in [2.75, 3.05) is 13.1 Å². The van der Waals surface area contributed by atoms with E-state index in [1.54, 1.807) is 18.7 Å². The van der Waals surface area contributed by atoms with E-state index in [9.17, 15) is 9.59 Å². The fourth-order valence-corrected chi connectivity index (χ4v) is 1.27. The van der Waals surface area contributed by atoms with E-state index in [0.29, 0.717) is 19.5 Å². The molecule has 0 fully saturated rings. The fraction of sp³-hybridized carbons (Fsp3) is 0.556. The largest absolute Gasteiger partial charge is 0.339 e. The van der Waals surface area contributed by atoms with Gasteiger partial charge >= 0.3 is 0 Å². The average molecular weight is 167 g/mol. The van der Waals surface area contributed by atoms with Gasteiger partial charge in [-0.15, -0.1) is 0 Å². The highest BCUT2D eigenvalue weighted by Crippen LogP contribution is 2.11. The van der Waals surface area contributed by atoms with E-state index in [0.717, 1.165) is 5.57 Å². The number of hydrogen-bond acceptors (Lipinski definition) is 2. The summed E-state index contributed by atoms with van der Waals surface area (Å²) in [5, 5.41) is 0. The van der Waals surface area contributed by atoms with Crippen molar-refractivity contribution in [3.63, 3.8) is 0 Å². The van der Waals surface area contributed by atoms with Gasteiger partial charge in [-0.05, 0) is 18.9 Å². The Bertz CT molecular complexity index is 243. The molecule has 0 saturated carbocycles. The highest BCUT2D eigenvalue weighted by atomic mass is 16.2. The molecule has 0 aromatic heterocycles. The van der Waals surface area contributed by atoms with Crippen molar-refractivity contribution in [1.82, 2.24) is 4.90 Å². The van der Waals surface area contributed by atoms with Gasteiger partial charge in [-0.3, -0.25) is 9.59 Å². The van der Waals surface area contributed by atoms with E-state index in [2.05, 4.69) is 0 Å². The van der Waals surface area contributed by atoms with Crippen molar-refractivity contribution < 1.29 is 9.59 Å². The van der Waals surface area contributed by atoms with Crippen molar-refractivity contribution in [2.24, 2.45) is 0 Å². The van der Waals surface area contributed by atoms with Crippen molar-refractivity contribution >= 4 is 11.7 Å². The van der Waals surface area contributed by atoms with Crippen LogP contribution in [0.2, 0.25) is 0 Å². The first-order chi connectivity index (χ1) is 5.61. The highest BCUT2D eigenvalue weighted by Gasteiger charge is 2.15. The number of carbonyl (C=O) groups excluding carboxylic acids is 2. The molecule has 0 atom stereocenters. The number of nitrogens with zero attached hydrogens (tertiary/aromatic N) is 1. The lowest BCUT2D eigenvalue weighted by molar-refractivity contribution is -0.128. The summed E-state index contributed by atoms with van der Waals surface area (Å²) in [5.41, 5.74) is 0.854. The van der Waals surface area contributed by atoms with Crippen LogP contribution in [0, 0.1) is 0 Å². The van der Waals surface area contributed by atoms with Gasteiger partial charge in [-0.25, -0.2) is 0 Å². The van der Waals surface area contributed by atoms with Gasteiger partial charge in [0.25, 0.3) is 0 Å². The fourth-order valence-electron chi connectivity index (χ4n) is 1.27. The Kier molecular flexibility index (Phi) is 2.63. The van der Waals surface area contributed by atoms with E-state index >= 15 is 0 Å². The van der Waals surface area contributed by atoms with E-state index in [-0.39, 0.29) is 11.7 Å². The summed E-state index contributed by atoms with van der Waals surface area (Å²) < 4.78 is 0. The maximum absolute atomic E-state index is 10.9. The summed E-state index contributed by atoms with van der Waals surface area (Å²) in [6.07, 6.45) is 2.54. The third kappa shape index (κ3) is 1.94. The molecule has 12 heavy (non-hydrogen) atoms. The second-order valence-electron chi connectivity index (χ2n) is 3.00. The zero-order chi connectivity index (χ0) is 9.14. The van der Waals surface area contributed by atoms with Crippen LogP contribution in [-0.2, 0) is 9.59 Å². The quantitative estimate of drug-likeness (QED) is 0.578. The van der Waals surface area contributed by atoms with Crippen LogP contribution >= 0.6 is 0 Å². The van der Waals surface area contributed by atoms with E-state index in [4.69, 9.17) is 0 Å². The Morgan fingerprint density at radius 2 is 2.08 bits per heavy atom. The molecule has 0 aromatic rings. The van der Waals surface area contributed by atoms with Crippen LogP contribution in [0.3, 0.4) is 0 Å². The standard InChI is InChI=1S/C9H13NO2/c1-7(11)9-3-5-10(6-4-9)8(2)12/h3H,4-6H2,1-2H3. The zero-order valence-electron chi connectivity index (χ0n) is 7.46. The minimum atomic E-state index is 0.0776. The Hall–Kier alpha value is -1.12. The van der Waals surface area contributed by atoms with Crippen LogP contribution in [-0.4, -0.2) is 29.7 Å². The van der Waals surface area contributed by atoms with E-state index < -0.39 is 0 Å². The lowest BCUT2D eigenvalue weighted by Gasteiger charge is -2.24. The molecule has 0 N–H and O–H groups in total. The minimum Gasteiger partial charge on any atom is -0.339 e. The normalized spacial score (nSPS) is 17.2. The van der Waals surface area contributed by atoms with Gasteiger partial charge < -0.3 is 4.90 Å². The lowest BCUT2D eigenvalue weighted by atomic mass is 10.1. The van der Waals surface area contributed by atoms with Crippen LogP contribution in [0.4, 0.5) is 0 Å². The predicted octanol–water partition coefficient (Wildman–Crippen LogP) is 0.754. The monoisotopic (exact) mass is 167 g/mol. The van der Waals surface area contributed by atoms with Crippen LogP contribution < -0.4 is 0 Å². The second-order valence-corrected chi connectivity index (χ2v) is 3.00. The lowest BCUT2D eigenvalue weighted by Crippen LogP contribution is -2.33. The van der Waals surface area contributed by atoms with Gasteiger partial charge in [-0.1, -0.05) is 6.08 Å². The van der Waals surface area contributed by atoms with Gasteiger partial charge in [0.1, 0.15) is 0 Å². The van der Waals surface area contributed by atoms with Crippen LogP contribution in [0.5, 0.6) is 0 Å². The van der Waals surface area contributed by atoms with Crippen molar-refractivity contribution in [2.45, 2.75) is 20.3 Å². The van der Waals surface area contributed by atoms with Crippen molar-refractivity contribution in [1.29, 1.82) is 0 Å². The summed E-state index contributed by atoms with van der Waals surface area (Å²) in [6.45, 7) is 4.38. The first-order valence-electron chi connectivity index (χ1n) is 4.06. The molecule has 1 aliphatic heterocycles. The maximum atomic E-state index is 10.9.